The lowest BCUT2D eigenvalue weighted by Gasteiger charge is -2.14. The molecule has 0 fully saturated rings. The SMILES string of the molecule is Cc1nc(S(=O)(=O)NCCC(=O)OCC(=O)NC(C)c2ccccc2)cn1C. The van der Waals surface area contributed by atoms with E-state index in [2.05, 4.69) is 15.0 Å². The van der Waals surface area contributed by atoms with Crippen LogP contribution >= 0.6 is 0 Å². The third-order valence-electron chi connectivity index (χ3n) is 4.02. The fourth-order valence-electron chi connectivity index (χ4n) is 2.34. The molecule has 0 aliphatic rings. The normalized spacial score (nSPS) is 12.4. The highest BCUT2D eigenvalue weighted by molar-refractivity contribution is 7.89. The lowest BCUT2D eigenvalue weighted by atomic mass is 10.1. The number of carbonyl (C=O) groups excluding carboxylic acids is 2. The topological polar surface area (TPSA) is 119 Å². The molecule has 2 N–H and O–H groups in total. The largest absolute Gasteiger partial charge is 0.456 e. The fraction of sp³-hybridized carbons (Fsp3) is 0.389. The zero-order valence-electron chi connectivity index (χ0n) is 16.0. The van der Waals surface area contributed by atoms with Crippen LogP contribution in [0.2, 0.25) is 0 Å². The molecule has 9 nitrogen and oxygen atoms in total. The van der Waals surface area contributed by atoms with Gasteiger partial charge in [-0.3, -0.25) is 9.59 Å². The highest BCUT2D eigenvalue weighted by Crippen LogP contribution is 2.10. The van der Waals surface area contributed by atoms with Gasteiger partial charge < -0.3 is 14.6 Å². The van der Waals surface area contributed by atoms with Gasteiger partial charge in [0.05, 0.1) is 12.5 Å². The third-order valence-corrected chi connectivity index (χ3v) is 5.36. The summed E-state index contributed by atoms with van der Waals surface area (Å²) in [5, 5.41) is 2.61. The average molecular weight is 408 g/mol. The predicted octanol–water partition coefficient (Wildman–Crippen LogP) is 0.818. The summed E-state index contributed by atoms with van der Waals surface area (Å²) in [6.45, 7) is 2.92. The van der Waals surface area contributed by atoms with Gasteiger partial charge >= 0.3 is 5.97 Å². The Balaban J connectivity index is 1.71. The fourth-order valence-corrected chi connectivity index (χ4v) is 3.41. The molecule has 10 heteroatoms. The van der Waals surface area contributed by atoms with Gasteiger partial charge in [0.2, 0.25) is 0 Å². The van der Waals surface area contributed by atoms with E-state index in [1.165, 1.54) is 6.20 Å². The monoisotopic (exact) mass is 408 g/mol. The molecular formula is C18H24N4O5S. The number of nitrogens with zero attached hydrogens (tertiary/aromatic N) is 2. The van der Waals surface area contributed by atoms with Gasteiger partial charge in [0.25, 0.3) is 15.9 Å². The Morgan fingerprint density at radius 2 is 1.93 bits per heavy atom. The summed E-state index contributed by atoms with van der Waals surface area (Å²) in [6.07, 6.45) is 1.18. The highest BCUT2D eigenvalue weighted by Gasteiger charge is 2.19. The van der Waals surface area contributed by atoms with Crippen molar-refractivity contribution in [3.63, 3.8) is 0 Å². The summed E-state index contributed by atoms with van der Waals surface area (Å²) < 4.78 is 32.9. The number of aromatic nitrogens is 2. The molecule has 0 saturated carbocycles. The van der Waals surface area contributed by atoms with Gasteiger partial charge in [-0.15, -0.1) is 0 Å². The number of hydrogen-bond acceptors (Lipinski definition) is 6. The van der Waals surface area contributed by atoms with Crippen molar-refractivity contribution in [3.8, 4) is 0 Å². The van der Waals surface area contributed by atoms with Crippen LogP contribution in [-0.2, 0) is 31.4 Å². The molecule has 0 aliphatic carbocycles. The minimum atomic E-state index is -3.80. The van der Waals surface area contributed by atoms with Crippen molar-refractivity contribution >= 4 is 21.9 Å². The average Bonchev–Trinajstić information content (AvgIpc) is 3.00. The van der Waals surface area contributed by atoms with E-state index >= 15 is 0 Å². The van der Waals surface area contributed by atoms with Crippen LogP contribution in [0.4, 0.5) is 0 Å². The van der Waals surface area contributed by atoms with Gasteiger partial charge in [0, 0.05) is 19.8 Å². The van der Waals surface area contributed by atoms with Crippen molar-refractivity contribution in [2.24, 2.45) is 7.05 Å². The number of rotatable bonds is 9. The van der Waals surface area contributed by atoms with Gasteiger partial charge in [-0.1, -0.05) is 30.3 Å². The van der Waals surface area contributed by atoms with E-state index < -0.39 is 28.5 Å². The molecule has 2 aromatic rings. The first-order valence-electron chi connectivity index (χ1n) is 8.68. The maximum absolute atomic E-state index is 12.1. The van der Waals surface area contributed by atoms with Crippen LogP contribution in [0.25, 0.3) is 0 Å². The number of sulfonamides is 1. The van der Waals surface area contributed by atoms with Crippen molar-refractivity contribution in [2.75, 3.05) is 13.2 Å². The first-order chi connectivity index (χ1) is 13.2. The van der Waals surface area contributed by atoms with E-state index in [4.69, 9.17) is 4.74 Å². The number of benzene rings is 1. The van der Waals surface area contributed by atoms with E-state index in [1.54, 1.807) is 18.5 Å². The first kappa shape index (κ1) is 21.6. The van der Waals surface area contributed by atoms with Gasteiger partial charge in [-0.25, -0.2) is 18.1 Å². The van der Waals surface area contributed by atoms with Crippen molar-refractivity contribution < 1.29 is 22.7 Å². The van der Waals surface area contributed by atoms with Crippen LogP contribution < -0.4 is 10.0 Å². The van der Waals surface area contributed by atoms with Gasteiger partial charge in [-0.05, 0) is 19.4 Å². The summed E-state index contributed by atoms with van der Waals surface area (Å²) in [5.41, 5.74) is 0.932. The zero-order chi connectivity index (χ0) is 20.7. The second kappa shape index (κ2) is 9.47. The molecule has 0 bridgehead atoms. The maximum Gasteiger partial charge on any atom is 0.307 e. The molecule has 0 aliphatic heterocycles. The van der Waals surface area contributed by atoms with Crippen LogP contribution in [0, 0.1) is 6.92 Å². The Bertz CT molecular complexity index is 905. The molecule has 1 amide bonds. The first-order valence-corrected chi connectivity index (χ1v) is 10.2. The van der Waals surface area contributed by atoms with Gasteiger partial charge in [0.1, 0.15) is 5.82 Å². The second-order valence-electron chi connectivity index (χ2n) is 6.25. The molecule has 1 unspecified atom stereocenters. The molecule has 1 heterocycles. The lowest BCUT2D eigenvalue weighted by Crippen LogP contribution is -2.32. The number of nitrogens with one attached hydrogen (secondary N) is 2. The highest BCUT2D eigenvalue weighted by atomic mass is 32.2. The number of imidazole rings is 1. The summed E-state index contributed by atoms with van der Waals surface area (Å²) in [6, 6.07) is 9.15. The van der Waals surface area contributed by atoms with Crippen LogP contribution in [-0.4, -0.2) is 43.0 Å². The van der Waals surface area contributed by atoms with E-state index in [9.17, 15) is 18.0 Å². The number of esters is 1. The van der Waals surface area contributed by atoms with Gasteiger partial charge in [0.15, 0.2) is 11.6 Å². The Labute approximate surface area is 164 Å². The number of amides is 1. The summed E-state index contributed by atoms with van der Waals surface area (Å²) in [5.74, 6) is -0.563. The van der Waals surface area contributed by atoms with E-state index in [-0.39, 0.29) is 24.0 Å². The Hall–Kier alpha value is -2.72. The third kappa shape index (κ3) is 6.17. The van der Waals surface area contributed by atoms with E-state index in [1.807, 2.05) is 37.3 Å². The molecule has 0 radical (unpaired) electrons. The smallest absolute Gasteiger partial charge is 0.307 e. The van der Waals surface area contributed by atoms with Crippen LogP contribution in [0.5, 0.6) is 0 Å². The molecule has 1 aromatic heterocycles. The molecule has 1 atom stereocenters. The molecule has 0 saturated heterocycles. The van der Waals surface area contributed by atoms with Gasteiger partial charge in [-0.2, -0.15) is 0 Å². The molecular weight excluding hydrogens is 384 g/mol. The van der Waals surface area contributed by atoms with E-state index in [0.717, 1.165) is 5.56 Å². The zero-order valence-corrected chi connectivity index (χ0v) is 16.8. The summed E-state index contributed by atoms with van der Waals surface area (Å²) >= 11 is 0. The summed E-state index contributed by atoms with van der Waals surface area (Å²) in [7, 11) is -2.12. The molecule has 0 spiro atoms. The molecule has 28 heavy (non-hydrogen) atoms. The Morgan fingerprint density at radius 3 is 2.54 bits per heavy atom. The van der Waals surface area contributed by atoms with Crippen LogP contribution in [0.15, 0.2) is 41.6 Å². The maximum atomic E-state index is 12.1. The van der Waals surface area contributed by atoms with E-state index in [0.29, 0.717) is 5.82 Å². The quantitative estimate of drug-likeness (QED) is 0.593. The molecule has 1 aromatic carbocycles. The standard InChI is InChI=1S/C18H24N4O5S/c1-13(15-7-5-4-6-8-15)20-16(23)12-27-18(24)9-10-19-28(25,26)17-11-22(3)14(2)21-17/h4-8,11,13,19H,9-10,12H2,1-3H3,(H,20,23). The van der Waals surface area contributed by atoms with Crippen molar-refractivity contribution in [1.29, 1.82) is 0 Å². The summed E-state index contributed by atoms with van der Waals surface area (Å²) in [4.78, 5) is 27.5. The lowest BCUT2D eigenvalue weighted by molar-refractivity contribution is -0.148. The molecule has 152 valence electrons. The molecule has 2 rings (SSSR count). The van der Waals surface area contributed by atoms with Crippen LogP contribution in [0.3, 0.4) is 0 Å². The Kier molecular flexibility index (Phi) is 7.30. The number of hydrogen-bond donors (Lipinski definition) is 2. The predicted molar refractivity (Wildman–Crippen MR) is 102 cm³/mol. The van der Waals surface area contributed by atoms with Crippen molar-refractivity contribution in [2.45, 2.75) is 31.3 Å². The minimum Gasteiger partial charge on any atom is -0.456 e. The van der Waals surface area contributed by atoms with Crippen molar-refractivity contribution in [3.05, 3.63) is 47.9 Å². The van der Waals surface area contributed by atoms with Crippen LogP contribution in [0.1, 0.15) is 30.8 Å². The van der Waals surface area contributed by atoms with Crippen molar-refractivity contribution in [1.82, 2.24) is 19.6 Å². The second-order valence-corrected chi connectivity index (χ2v) is 7.96. The Morgan fingerprint density at radius 1 is 1.25 bits per heavy atom. The number of aryl methyl sites for hydroxylation is 2. The minimum absolute atomic E-state index is 0.116. The number of carbonyl (C=O) groups is 2. The number of ether oxygens (including phenoxy) is 1.